The summed E-state index contributed by atoms with van der Waals surface area (Å²) in [7, 11) is 0. The molecule has 0 aromatic heterocycles. The standard InChI is InChI=1S/C25H32N2O3/c1-17-8-6-11-19-14-21-22(23(28)25(17,19)2)20(24(29)30-21)16-27(13-7-12-26)15-18-9-4-3-5-10-18/h3-5,9-11,17,20-23,28H,6-8,13-16H2,1-2H3/p+1/t17-,20-,21+,22+,23-,25+/m0/s1. The van der Waals surface area contributed by atoms with Crippen molar-refractivity contribution < 1.29 is 19.5 Å². The zero-order valence-corrected chi connectivity index (χ0v) is 18.0. The molecule has 5 heteroatoms. The van der Waals surface area contributed by atoms with Gasteiger partial charge in [-0.25, -0.2) is 0 Å². The molecule has 30 heavy (non-hydrogen) atoms. The van der Waals surface area contributed by atoms with Crippen molar-refractivity contribution in [2.45, 2.75) is 58.3 Å². The summed E-state index contributed by atoms with van der Waals surface area (Å²) in [6, 6.07) is 12.4. The number of ether oxygens (including phenoxy) is 1. The molecule has 3 aliphatic rings. The summed E-state index contributed by atoms with van der Waals surface area (Å²) in [5.41, 5.74) is 2.18. The molecule has 1 heterocycles. The summed E-state index contributed by atoms with van der Waals surface area (Å²) in [5, 5.41) is 20.7. The lowest BCUT2D eigenvalue weighted by Crippen LogP contribution is -3.11. The second-order valence-corrected chi connectivity index (χ2v) is 9.57. The smallest absolute Gasteiger partial charge is 0.315 e. The Morgan fingerprint density at radius 3 is 2.83 bits per heavy atom. The summed E-state index contributed by atoms with van der Waals surface area (Å²) in [5.74, 6) is -0.291. The Labute approximate surface area is 179 Å². The van der Waals surface area contributed by atoms with Crippen molar-refractivity contribution in [3.05, 3.63) is 47.5 Å². The van der Waals surface area contributed by atoms with Gasteiger partial charge in [0.05, 0.1) is 31.7 Å². The van der Waals surface area contributed by atoms with Crippen LogP contribution in [0.5, 0.6) is 0 Å². The van der Waals surface area contributed by atoms with E-state index >= 15 is 0 Å². The number of aliphatic hydroxyl groups is 1. The Hall–Kier alpha value is -2.16. The highest BCUT2D eigenvalue weighted by molar-refractivity contribution is 5.76. The van der Waals surface area contributed by atoms with Crippen molar-refractivity contribution in [3.8, 4) is 6.07 Å². The van der Waals surface area contributed by atoms with E-state index in [1.54, 1.807) is 0 Å². The molecule has 0 amide bonds. The maximum atomic E-state index is 12.9. The van der Waals surface area contributed by atoms with E-state index < -0.39 is 6.10 Å². The molecule has 1 unspecified atom stereocenters. The van der Waals surface area contributed by atoms with Crippen molar-refractivity contribution in [1.82, 2.24) is 0 Å². The van der Waals surface area contributed by atoms with Gasteiger partial charge in [-0.05, 0) is 18.8 Å². The van der Waals surface area contributed by atoms with E-state index in [1.807, 2.05) is 18.2 Å². The van der Waals surface area contributed by atoms with Gasteiger partial charge in [-0.15, -0.1) is 0 Å². The number of carbonyl (C=O) groups excluding carboxylic acids is 1. The number of hydrogen-bond donors (Lipinski definition) is 2. The fraction of sp³-hybridized carbons (Fsp3) is 0.600. The monoisotopic (exact) mass is 409 g/mol. The van der Waals surface area contributed by atoms with Gasteiger partial charge < -0.3 is 14.7 Å². The Kier molecular flexibility index (Phi) is 5.99. The first-order valence-corrected chi connectivity index (χ1v) is 11.3. The predicted molar refractivity (Wildman–Crippen MR) is 113 cm³/mol. The predicted octanol–water partition coefficient (Wildman–Crippen LogP) is 2.27. The van der Waals surface area contributed by atoms with Crippen molar-refractivity contribution in [3.63, 3.8) is 0 Å². The summed E-state index contributed by atoms with van der Waals surface area (Å²) in [4.78, 5) is 14.1. The number of esters is 1. The number of fused-ring (bicyclic) bond motifs is 2. The third-order valence-electron chi connectivity index (χ3n) is 7.97. The molecule has 160 valence electrons. The topological polar surface area (TPSA) is 74.8 Å². The molecule has 2 fully saturated rings. The fourth-order valence-corrected chi connectivity index (χ4v) is 5.99. The molecular formula is C25H33N2O3+. The van der Waals surface area contributed by atoms with Crippen LogP contribution in [0.4, 0.5) is 0 Å². The van der Waals surface area contributed by atoms with Crippen LogP contribution < -0.4 is 4.90 Å². The van der Waals surface area contributed by atoms with E-state index in [4.69, 9.17) is 10.00 Å². The number of rotatable bonds is 6. The lowest BCUT2D eigenvalue weighted by molar-refractivity contribution is -0.916. The first kappa shape index (κ1) is 21.1. The first-order chi connectivity index (χ1) is 14.4. The van der Waals surface area contributed by atoms with Crippen LogP contribution in [0, 0.1) is 34.5 Å². The summed E-state index contributed by atoms with van der Waals surface area (Å²) in [6.45, 7) is 6.44. The van der Waals surface area contributed by atoms with Crippen molar-refractivity contribution in [1.29, 1.82) is 5.26 Å². The highest BCUT2D eigenvalue weighted by Crippen LogP contribution is 2.55. The van der Waals surface area contributed by atoms with Crippen LogP contribution in [0.3, 0.4) is 0 Å². The molecule has 0 radical (unpaired) electrons. The second kappa shape index (κ2) is 8.53. The minimum atomic E-state index is -0.580. The molecule has 1 aromatic carbocycles. The average molecular weight is 410 g/mol. The maximum absolute atomic E-state index is 12.9. The molecule has 1 aromatic rings. The number of benzene rings is 1. The van der Waals surface area contributed by atoms with Crippen LogP contribution in [0.15, 0.2) is 42.0 Å². The Bertz CT molecular complexity index is 846. The summed E-state index contributed by atoms with van der Waals surface area (Å²) < 4.78 is 5.81. The molecule has 0 bridgehead atoms. The number of quaternary nitrogens is 1. The van der Waals surface area contributed by atoms with Crippen LogP contribution >= 0.6 is 0 Å². The summed E-state index contributed by atoms with van der Waals surface area (Å²) in [6.07, 6.45) is 4.76. The lowest BCUT2D eigenvalue weighted by Gasteiger charge is -2.51. The molecule has 2 N–H and O–H groups in total. The van der Waals surface area contributed by atoms with Crippen LogP contribution in [0.2, 0.25) is 0 Å². The van der Waals surface area contributed by atoms with Crippen molar-refractivity contribution >= 4 is 5.97 Å². The maximum Gasteiger partial charge on any atom is 0.315 e. The van der Waals surface area contributed by atoms with Crippen molar-refractivity contribution in [2.24, 2.45) is 23.2 Å². The van der Waals surface area contributed by atoms with E-state index in [2.05, 4.69) is 38.1 Å². The number of carbonyl (C=O) groups is 1. The number of hydrogen-bond acceptors (Lipinski definition) is 4. The second-order valence-electron chi connectivity index (χ2n) is 9.57. The van der Waals surface area contributed by atoms with Gasteiger partial charge in [0.2, 0.25) is 0 Å². The molecule has 4 rings (SSSR count). The quantitative estimate of drug-likeness (QED) is 0.558. The van der Waals surface area contributed by atoms with Gasteiger partial charge in [-0.1, -0.05) is 55.8 Å². The highest BCUT2D eigenvalue weighted by atomic mass is 16.6. The Balaban J connectivity index is 1.57. The number of aliphatic hydroxyl groups excluding tert-OH is 1. The van der Waals surface area contributed by atoms with E-state index in [0.717, 1.165) is 25.8 Å². The first-order valence-electron chi connectivity index (χ1n) is 11.3. The van der Waals surface area contributed by atoms with Gasteiger partial charge in [-0.3, -0.25) is 4.79 Å². The molecule has 1 saturated carbocycles. The number of nitrogens with one attached hydrogen (secondary N) is 1. The Morgan fingerprint density at radius 1 is 1.33 bits per heavy atom. The lowest BCUT2D eigenvalue weighted by atomic mass is 9.55. The minimum absolute atomic E-state index is 0.173. The van der Waals surface area contributed by atoms with Crippen LogP contribution in [0.1, 0.15) is 45.1 Å². The van der Waals surface area contributed by atoms with Crippen LogP contribution in [0.25, 0.3) is 0 Å². The van der Waals surface area contributed by atoms with Crippen LogP contribution in [-0.2, 0) is 16.1 Å². The third kappa shape index (κ3) is 3.68. The zero-order valence-electron chi connectivity index (χ0n) is 18.0. The van der Waals surface area contributed by atoms with Gasteiger partial charge in [0.1, 0.15) is 18.6 Å². The molecular weight excluding hydrogens is 376 g/mol. The highest BCUT2D eigenvalue weighted by Gasteiger charge is 2.60. The van der Waals surface area contributed by atoms with Gasteiger partial charge in [0.25, 0.3) is 0 Å². The average Bonchev–Trinajstić information content (AvgIpc) is 3.04. The molecule has 1 aliphatic heterocycles. The SMILES string of the molecule is C[C@H]1CCC=C2C[C@H]3OC(=O)[C@@H](C[NH+](CCC#N)Cc4ccccc4)[C@H]3[C@H](O)[C@@]21C. The van der Waals surface area contributed by atoms with E-state index in [-0.39, 0.29) is 29.3 Å². The number of allylic oxidation sites excluding steroid dienone is 1. The molecule has 5 nitrogen and oxygen atoms in total. The molecule has 0 spiro atoms. The van der Waals surface area contributed by atoms with Gasteiger partial charge in [0, 0.05) is 23.3 Å². The number of nitriles is 1. The van der Waals surface area contributed by atoms with E-state index in [9.17, 15) is 9.90 Å². The fourth-order valence-electron chi connectivity index (χ4n) is 5.99. The third-order valence-corrected chi connectivity index (χ3v) is 7.97. The largest absolute Gasteiger partial charge is 0.461 e. The van der Waals surface area contributed by atoms with E-state index in [1.165, 1.54) is 16.0 Å². The van der Waals surface area contributed by atoms with Gasteiger partial charge in [0.15, 0.2) is 0 Å². The normalized spacial score (nSPS) is 36.1. The zero-order chi connectivity index (χ0) is 21.3. The van der Waals surface area contributed by atoms with Crippen molar-refractivity contribution in [2.75, 3.05) is 13.1 Å². The molecule has 2 aliphatic carbocycles. The summed E-state index contributed by atoms with van der Waals surface area (Å²) >= 11 is 0. The Morgan fingerprint density at radius 2 is 2.10 bits per heavy atom. The minimum Gasteiger partial charge on any atom is -0.461 e. The number of nitrogens with zero attached hydrogens (tertiary/aromatic N) is 1. The van der Waals surface area contributed by atoms with Gasteiger partial charge >= 0.3 is 5.97 Å². The van der Waals surface area contributed by atoms with E-state index in [0.29, 0.717) is 25.4 Å². The van der Waals surface area contributed by atoms with Gasteiger partial charge in [-0.2, -0.15) is 5.26 Å². The molecule has 1 saturated heterocycles. The molecule has 7 atom stereocenters. The van der Waals surface area contributed by atoms with Crippen LogP contribution in [-0.4, -0.2) is 36.4 Å².